The van der Waals surface area contributed by atoms with Crippen LogP contribution in [-0.2, 0) is 6.42 Å². The number of amides is 1. The Hall–Kier alpha value is -4.05. The van der Waals surface area contributed by atoms with E-state index in [1.807, 2.05) is 91.0 Å². The van der Waals surface area contributed by atoms with E-state index in [0.29, 0.717) is 17.9 Å². The van der Waals surface area contributed by atoms with Crippen molar-refractivity contribution in [3.05, 3.63) is 120 Å². The molecule has 0 fully saturated rings. The summed E-state index contributed by atoms with van der Waals surface area (Å²) in [6.07, 6.45) is 0.829. The average Bonchev–Trinajstić information content (AvgIpc) is 2.81. The Bertz CT molecular complexity index is 1130. The number of hydrogen-bond acceptors (Lipinski definition) is 3. The average molecular weight is 409 g/mol. The molecule has 4 aromatic carbocycles. The first-order chi connectivity index (χ1) is 15.3. The van der Waals surface area contributed by atoms with Gasteiger partial charge in [-0.3, -0.25) is 4.79 Å². The molecular formula is C27H24N2O2. The molecule has 31 heavy (non-hydrogen) atoms. The summed E-state index contributed by atoms with van der Waals surface area (Å²) >= 11 is 0. The van der Waals surface area contributed by atoms with E-state index in [2.05, 4.69) is 22.8 Å². The van der Waals surface area contributed by atoms with E-state index >= 15 is 0 Å². The Morgan fingerprint density at radius 1 is 0.710 bits per heavy atom. The lowest BCUT2D eigenvalue weighted by Gasteiger charge is -2.13. The van der Waals surface area contributed by atoms with Crippen molar-refractivity contribution < 1.29 is 9.53 Å². The summed E-state index contributed by atoms with van der Waals surface area (Å²) in [5, 5.41) is 6.28. The lowest BCUT2D eigenvalue weighted by molar-refractivity contribution is 0.102. The van der Waals surface area contributed by atoms with Gasteiger partial charge < -0.3 is 15.4 Å². The number of rotatable bonds is 8. The lowest BCUT2D eigenvalue weighted by atomic mass is 10.1. The molecule has 2 N–H and O–H groups in total. The van der Waals surface area contributed by atoms with Crippen LogP contribution in [0.5, 0.6) is 5.75 Å². The quantitative estimate of drug-likeness (QED) is 0.359. The number of carbonyl (C=O) groups excluding carboxylic acids is 1. The van der Waals surface area contributed by atoms with Crippen LogP contribution >= 0.6 is 0 Å². The Morgan fingerprint density at radius 3 is 2.19 bits per heavy atom. The van der Waals surface area contributed by atoms with Gasteiger partial charge in [-0.05, 0) is 42.0 Å². The van der Waals surface area contributed by atoms with Gasteiger partial charge in [-0.25, -0.2) is 0 Å². The van der Waals surface area contributed by atoms with Crippen molar-refractivity contribution in [1.82, 2.24) is 0 Å². The van der Waals surface area contributed by atoms with Gasteiger partial charge in [0.2, 0.25) is 0 Å². The molecule has 4 aromatic rings. The van der Waals surface area contributed by atoms with Crippen LogP contribution in [-0.4, -0.2) is 12.5 Å². The third-order valence-corrected chi connectivity index (χ3v) is 4.82. The van der Waals surface area contributed by atoms with Gasteiger partial charge in [-0.1, -0.05) is 66.7 Å². The van der Waals surface area contributed by atoms with Crippen LogP contribution in [0.2, 0.25) is 0 Å². The topological polar surface area (TPSA) is 50.4 Å². The summed E-state index contributed by atoms with van der Waals surface area (Å²) in [5.74, 6) is 0.546. The van der Waals surface area contributed by atoms with Crippen molar-refractivity contribution >= 4 is 23.0 Å². The molecule has 0 heterocycles. The van der Waals surface area contributed by atoms with E-state index in [-0.39, 0.29) is 5.91 Å². The maximum atomic E-state index is 12.9. The normalized spacial score (nSPS) is 10.3. The van der Waals surface area contributed by atoms with Gasteiger partial charge in [0, 0.05) is 23.9 Å². The molecule has 0 unspecified atom stereocenters. The molecule has 4 rings (SSSR count). The van der Waals surface area contributed by atoms with Crippen molar-refractivity contribution in [2.75, 3.05) is 17.2 Å². The molecule has 154 valence electrons. The van der Waals surface area contributed by atoms with Crippen molar-refractivity contribution in [2.24, 2.45) is 0 Å². The SMILES string of the molecule is O=C(Nc1cccc(OCCc2ccccc2)c1)c1ccccc1Nc1ccccc1. The van der Waals surface area contributed by atoms with E-state index in [1.54, 1.807) is 6.07 Å². The highest BCUT2D eigenvalue weighted by Gasteiger charge is 2.12. The summed E-state index contributed by atoms with van der Waals surface area (Å²) in [5.41, 5.74) is 4.17. The maximum absolute atomic E-state index is 12.9. The van der Waals surface area contributed by atoms with Crippen molar-refractivity contribution in [1.29, 1.82) is 0 Å². The van der Waals surface area contributed by atoms with Crippen LogP contribution in [0.25, 0.3) is 0 Å². The number of nitrogens with one attached hydrogen (secondary N) is 2. The minimum absolute atomic E-state index is 0.180. The minimum Gasteiger partial charge on any atom is -0.493 e. The van der Waals surface area contributed by atoms with E-state index in [1.165, 1.54) is 5.56 Å². The fraction of sp³-hybridized carbons (Fsp3) is 0.0741. The summed E-state index contributed by atoms with van der Waals surface area (Å²) < 4.78 is 5.88. The molecule has 0 bridgehead atoms. The van der Waals surface area contributed by atoms with Gasteiger partial charge >= 0.3 is 0 Å². The molecule has 0 spiro atoms. The highest BCUT2D eigenvalue weighted by atomic mass is 16.5. The van der Waals surface area contributed by atoms with Crippen LogP contribution in [0.4, 0.5) is 17.1 Å². The second-order valence-electron chi connectivity index (χ2n) is 7.10. The lowest BCUT2D eigenvalue weighted by Crippen LogP contribution is -2.14. The van der Waals surface area contributed by atoms with Crippen molar-refractivity contribution in [3.8, 4) is 5.75 Å². The zero-order chi connectivity index (χ0) is 21.3. The zero-order valence-electron chi connectivity index (χ0n) is 17.1. The maximum Gasteiger partial charge on any atom is 0.257 e. The predicted molar refractivity (Wildman–Crippen MR) is 126 cm³/mol. The summed E-state index contributed by atoms with van der Waals surface area (Å²) in [6, 6.07) is 34.9. The second-order valence-corrected chi connectivity index (χ2v) is 7.10. The van der Waals surface area contributed by atoms with Crippen LogP contribution in [0.1, 0.15) is 15.9 Å². The third kappa shape index (κ3) is 5.73. The smallest absolute Gasteiger partial charge is 0.257 e. The number of carbonyl (C=O) groups is 1. The molecule has 0 aliphatic carbocycles. The number of hydrogen-bond donors (Lipinski definition) is 2. The first-order valence-corrected chi connectivity index (χ1v) is 10.3. The van der Waals surface area contributed by atoms with Crippen LogP contribution in [0.15, 0.2) is 109 Å². The fourth-order valence-electron chi connectivity index (χ4n) is 3.26. The molecule has 4 nitrogen and oxygen atoms in total. The Morgan fingerprint density at radius 2 is 1.39 bits per heavy atom. The van der Waals surface area contributed by atoms with Gasteiger partial charge in [-0.2, -0.15) is 0 Å². The van der Waals surface area contributed by atoms with Crippen molar-refractivity contribution in [3.63, 3.8) is 0 Å². The van der Waals surface area contributed by atoms with Gasteiger partial charge in [0.1, 0.15) is 5.75 Å². The van der Waals surface area contributed by atoms with Crippen LogP contribution in [0, 0.1) is 0 Å². The minimum atomic E-state index is -0.180. The van der Waals surface area contributed by atoms with E-state index < -0.39 is 0 Å². The molecule has 4 heteroatoms. The van der Waals surface area contributed by atoms with Gasteiger partial charge in [0.05, 0.1) is 17.9 Å². The Balaban J connectivity index is 1.40. The largest absolute Gasteiger partial charge is 0.493 e. The number of anilines is 3. The van der Waals surface area contributed by atoms with E-state index in [4.69, 9.17) is 4.74 Å². The first kappa shape index (κ1) is 20.2. The van der Waals surface area contributed by atoms with Gasteiger partial charge in [0.25, 0.3) is 5.91 Å². The number of benzene rings is 4. The molecule has 0 aliphatic rings. The first-order valence-electron chi connectivity index (χ1n) is 10.3. The second kappa shape index (κ2) is 10.1. The molecule has 0 saturated heterocycles. The van der Waals surface area contributed by atoms with E-state index in [9.17, 15) is 4.79 Å². The molecule has 0 saturated carbocycles. The fourth-order valence-corrected chi connectivity index (χ4v) is 3.26. The highest BCUT2D eigenvalue weighted by Crippen LogP contribution is 2.23. The summed E-state index contributed by atoms with van der Waals surface area (Å²) in [7, 11) is 0. The van der Waals surface area contributed by atoms with Gasteiger partial charge in [0.15, 0.2) is 0 Å². The van der Waals surface area contributed by atoms with Crippen LogP contribution < -0.4 is 15.4 Å². The summed E-state index contributed by atoms with van der Waals surface area (Å²) in [6.45, 7) is 0.575. The molecule has 0 aliphatic heterocycles. The molecule has 0 radical (unpaired) electrons. The molecular weight excluding hydrogens is 384 g/mol. The molecule has 0 atom stereocenters. The summed E-state index contributed by atoms with van der Waals surface area (Å²) in [4.78, 5) is 12.9. The standard InChI is InChI=1S/C27H24N2O2/c30-27(25-16-7-8-17-26(25)28-22-12-5-2-6-13-22)29-23-14-9-15-24(20-23)31-19-18-21-10-3-1-4-11-21/h1-17,20,28H,18-19H2,(H,29,30). The number of para-hydroxylation sites is 2. The van der Waals surface area contributed by atoms with E-state index in [0.717, 1.165) is 23.5 Å². The third-order valence-electron chi connectivity index (χ3n) is 4.82. The van der Waals surface area contributed by atoms with Crippen LogP contribution in [0.3, 0.4) is 0 Å². The molecule has 1 amide bonds. The predicted octanol–water partition coefficient (Wildman–Crippen LogP) is 6.30. The Labute approximate surface area is 182 Å². The Kier molecular flexibility index (Phi) is 6.61. The zero-order valence-corrected chi connectivity index (χ0v) is 17.1. The monoisotopic (exact) mass is 408 g/mol. The van der Waals surface area contributed by atoms with Gasteiger partial charge in [-0.15, -0.1) is 0 Å². The number of ether oxygens (including phenoxy) is 1. The van der Waals surface area contributed by atoms with Crippen molar-refractivity contribution in [2.45, 2.75) is 6.42 Å². The highest BCUT2D eigenvalue weighted by molar-refractivity contribution is 6.08. The molecule has 0 aromatic heterocycles.